The van der Waals surface area contributed by atoms with Crippen LogP contribution in [-0.4, -0.2) is 18.8 Å². The fourth-order valence-corrected chi connectivity index (χ4v) is 1.81. The molecule has 0 spiro atoms. The highest BCUT2D eigenvalue weighted by Gasteiger charge is 2.24. The topological polar surface area (TPSA) is 35.2 Å². The lowest BCUT2D eigenvalue weighted by Crippen LogP contribution is -2.30. The van der Waals surface area contributed by atoms with Crippen LogP contribution in [0.4, 0.5) is 0 Å². The van der Waals surface area contributed by atoms with Crippen LogP contribution in [0.3, 0.4) is 0 Å². The lowest BCUT2D eigenvalue weighted by Gasteiger charge is -2.26. The molecule has 0 aromatic heterocycles. The van der Waals surface area contributed by atoms with E-state index in [0.29, 0.717) is 12.1 Å². The molecular formula is C10H19NO. The Hall–Kier alpha value is -0.0800. The maximum absolute atomic E-state index is 5.81. The van der Waals surface area contributed by atoms with Gasteiger partial charge < -0.3 is 10.5 Å². The van der Waals surface area contributed by atoms with Gasteiger partial charge in [0.25, 0.3) is 0 Å². The lowest BCUT2D eigenvalue weighted by atomic mass is 9.94. The Kier molecular flexibility index (Phi) is 2.66. The van der Waals surface area contributed by atoms with Crippen LogP contribution >= 0.6 is 0 Å². The van der Waals surface area contributed by atoms with Crippen LogP contribution in [0.2, 0.25) is 0 Å². The summed E-state index contributed by atoms with van der Waals surface area (Å²) in [4.78, 5) is 0. The molecule has 12 heavy (non-hydrogen) atoms. The van der Waals surface area contributed by atoms with Gasteiger partial charge in [0.1, 0.15) is 0 Å². The highest BCUT2D eigenvalue weighted by Crippen LogP contribution is 2.30. The van der Waals surface area contributed by atoms with Crippen molar-refractivity contribution in [2.75, 3.05) is 6.61 Å². The van der Waals surface area contributed by atoms with Gasteiger partial charge in [-0.3, -0.25) is 0 Å². The quantitative estimate of drug-likeness (QED) is 0.697. The predicted octanol–water partition coefficient (Wildman–Crippen LogP) is 1.68. The van der Waals surface area contributed by atoms with Crippen molar-refractivity contribution in [2.45, 2.75) is 50.7 Å². The monoisotopic (exact) mass is 169 g/mol. The van der Waals surface area contributed by atoms with Crippen molar-refractivity contribution in [1.82, 2.24) is 0 Å². The molecule has 2 heteroatoms. The molecule has 2 fully saturated rings. The van der Waals surface area contributed by atoms with E-state index in [1.165, 1.54) is 25.7 Å². The normalized spacial score (nSPS) is 36.8. The number of nitrogens with two attached hydrogens (primary N) is 1. The average Bonchev–Trinajstić information content (AvgIpc) is 2.87. The third-order valence-corrected chi connectivity index (χ3v) is 2.98. The molecule has 0 aromatic carbocycles. The number of hydrogen-bond donors (Lipinski definition) is 1. The summed E-state index contributed by atoms with van der Waals surface area (Å²) in [6.45, 7) is 1.01. The molecule has 0 aromatic rings. The van der Waals surface area contributed by atoms with Crippen LogP contribution in [0.5, 0.6) is 0 Å². The molecule has 2 aliphatic carbocycles. The van der Waals surface area contributed by atoms with E-state index in [9.17, 15) is 0 Å². The first-order valence-corrected chi connectivity index (χ1v) is 5.22. The van der Waals surface area contributed by atoms with Gasteiger partial charge >= 0.3 is 0 Å². The van der Waals surface area contributed by atoms with Crippen molar-refractivity contribution in [3.8, 4) is 0 Å². The van der Waals surface area contributed by atoms with Gasteiger partial charge in [-0.05, 0) is 44.4 Å². The molecule has 2 rings (SSSR count). The standard InChI is InChI=1S/C10H19NO/c11-9-3-5-10(6-4-9)12-7-8-1-2-8/h8-10H,1-7,11H2/t9-,10-. The molecule has 0 heterocycles. The van der Waals surface area contributed by atoms with Crippen LogP contribution in [0.1, 0.15) is 38.5 Å². The molecule has 2 N–H and O–H groups in total. The summed E-state index contributed by atoms with van der Waals surface area (Å²) in [5.74, 6) is 0.903. The Balaban J connectivity index is 1.60. The predicted molar refractivity (Wildman–Crippen MR) is 48.9 cm³/mol. The van der Waals surface area contributed by atoms with Crippen molar-refractivity contribution in [2.24, 2.45) is 11.7 Å². The summed E-state index contributed by atoms with van der Waals surface area (Å²) >= 11 is 0. The zero-order chi connectivity index (χ0) is 8.39. The van der Waals surface area contributed by atoms with Gasteiger partial charge in [0, 0.05) is 12.6 Å². The van der Waals surface area contributed by atoms with E-state index in [-0.39, 0.29) is 0 Å². The van der Waals surface area contributed by atoms with Crippen molar-refractivity contribution in [3.05, 3.63) is 0 Å². The molecule has 0 unspecified atom stereocenters. The summed E-state index contributed by atoms with van der Waals surface area (Å²) in [7, 11) is 0. The van der Waals surface area contributed by atoms with Gasteiger partial charge in [0.15, 0.2) is 0 Å². The average molecular weight is 169 g/mol. The Morgan fingerprint density at radius 2 is 1.67 bits per heavy atom. The zero-order valence-corrected chi connectivity index (χ0v) is 7.67. The second kappa shape index (κ2) is 3.75. The van der Waals surface area contributed by atoms with Crippen LogP contribution in [0.15, 0.2) is 0 Å². The molecule has 0 amide bonds. The molecule has 0 saturated heterocycles. The molecule has 2 saturated carbocycles. The summed E-state index contributed by atoms with van der Waals surface area (Å²) in [5, 5.41) is 0. The molecule has 0 aliphatic heterocycles. The smallest absolute Gasteiger partial charge is 0.0576 e. The first kappa shape index (κ1) is 8.52. The van der Waals surface area contributed by atoms with Crippen LogP contribution < -0.4 is 5.73 Å². The second-order valence-corrected chi connectivity index (χ2v) is 4.31. The van der Waals surface area contributed by atoms with E-state index in [0.717, 1.165) is 25.4 Å². The summed E-state index contributed by atoms with van der Waals surface area (Å²) < 4.78 is 5.80. The van der Waals surface area contributed by atoms with E-state index < -0.39 is 0 Å². The van der Waals surface area contributed by atoms with Crippen molar-refractivity contribution in [3.63, 3.8) is 0 Å². The van der Waals surface area contributed by atoms with E-state index in [4.69, 9.17) is 10.5 Å². The molecule has 0 bridgehead atoms. The minimum absolute atomic E-state index is 0.450. The Morgan fingerprint density at radius 1 is 1.00 bits per heavy atom. The van der Waals surface area contributed by atoms with E-state index in [1.54, 1.807) is 0 Å². The zero-order valence-electron chi connectivity index (χ0n) is 7.67. The number of ether oxygens (including phenoxy) is 1. The molecule has 2 aliphatic rings. The number of rotatable bonds is 3. The Labute approximate surface area is 74.5 Å². The van der Waals surface area contributed by atoms with Crippen LogP contribution in [-0.2, 0) is 4.74 Å². The van der Waals surface area contributed by atoms with E-state index >= 15 is 0 Å². The first-order valence-electron chi connectivity index (χ1n) is 5.22. The minimum Gasteiger partial charge on any atom is -0.378 e. The van der Waals surface area contributed by atoms with Crippen molar-refractivity contribution in [1.29, 1.82) is 0 Å². The molecule has 2 nitrogen and oxygen atoms in total. The summed E-state index contributed by atoms with van der Waals surface area (Å²) in [6.07, 6.45) is 8.02. The van der Waals surface area contributed by atoms with Gasteiger partial charge in [-0.2, -0.15) is 0 Å². The van der Waals surface area contributed by atoms with Gasteiger partial charge in [-0.15, -0.1) is 0 Å². The third-order valence-electron chi connectivity index (χ3n) is 2.98. The van der Waals surface area contributed by atoms with Crippen LogP contribution in [0.25, 0.3) is 0 Å². The third kappa shape index (κ3) is 2.46. The van der Waals surface area contributed by atoms with Gasteiger partial charge in [0.05, 0.1) is 6.10 Å². The highest BCUT2D eigenvalue weighted by atomic mass is 16.5. The van der Waals surface area contributed by atoms with E-state index in [1.807, 2.05) is 0 Å². The van der Waals surface area contributed by atoms with Gasteiger partial charge in [0.2, 0.25) is 0 Å². The number of hydrogen-bond acceptors (Lipinski definition) is 2. The van der Waals surface area contributed by atoms with Gasteiger partial charge in [-0.1, -0.05) is 0 Å². The van der Waals surface area contributed by atoms with Crippen molar-refractivity contribution < 1.29 is 4.74 Å². The SMILES string of the molecule is N[C@H]1CC[C@H](OCC2CC2)CC1. The molecule has 0 radical (unpaired) electrons. The summed E-state index contributed by atoms with van der Waals surface area (Å²) in [6, 6.07) is 0.450. The maximum Gasteiger partial charge on any atom is 0.0576 e. The minimum atomic E-state index is 0.450. The lowest BCUT2D eigenvalue weighted by molar-refractivity contribution is 0.0191. The largest absolute Gasteiger partial charge is 0.378 e. The van der Waals surface area contributed by atoms with Crippen molar-refractivity contribution >= 4 is 0 Å². The molecule has 0 atom stereocenters. The van der Waals surface area contributed by atoms with E-state index in [2.05, 4.69) is 0 Å². The maximum atomic E-state index is 5.81. The molecular weight excluding hydrogens is 150 g/mol. The first-order chi connectivity index (χ1) is 5.84. The Bertz CT molecular complexity index is 137. The Morgan fingerprint density at radius 3 is 2.25 bits per heavy atom. The molecule has 70 valence electrons. The second-order valence-electron chi connectivity index (χ2n) is 4.31. The fraction of sp³-hybridized carbons (Fsp3) is 1.00. The summed E-state index contributed by atoms with van der Waals surface area (Å²) in [5.41, 5.74) is 5.81. The van der Waals surface area contributed by atoms with Gasteiger partial charge in [-0.25, -0.2) is 0 Å². The highest BCUT2D eigenvalue weighted by molar-refractivity contribution is 4.77. The van der Waals surface area contributed by atoms with Crippen LogP contribution in [0, 0.1) is 5.92 Å². The fourth-order valence-electron chi connectivity index (χ4n) is 1.81.